The van der Waals surface area contributed by atoms with Crippen molar-refractivity contribution in [1.82, 2.24) is 9.97 Å². The number of hydrogen-bond donors (Lipinski definition) is 4. The summed E-state index contributed by atoms with van der Waals surface area (Å²) >= 11 is 0. The number of rotatable bonds is 6. The molecule has 4 rings (SSSR count). The van der Waals surface area contributed by atoms with E-state index < -0.39 is 11.7 Å². The Labute approximate surface area is 172 Å². The molecule has 1 saturated carbocycles. The van der Waals surface area contributed by atoms with E-state index >= 15 is 0 Å². The number of carbonyl (C=O) groups excluding carboxylic acids is 1. The fraction of sp³-hybridized carbons (Fsp3) is 0.286. The zero-order chi connectivity index (χ0) is 21.1. The number of hydrogen-bond acceptors (Lipinski definition) is 7. The van der Waals surface area contributed by atoms with Crippen LogP contribution in [-0.4, -0.2) is 28.0 Å². The van der Waals surface area contributed by atoms with Gasteiger partial charge in [-0.1, -0.05) is 12.8 Å². The second-order valence-corrected chi connectivity index (χ2v) is 7.35. The molecule has 1 aliphatic carbocycles. The van der Waals surface area contributed by atoms with Crippen LogP contribution in [0.5, 0.6) is 0 Å². The summed E-state index contributed by atoms with van der Waals surface area (Å²) in [4.78, 5) is 20.5. The highest BCUT2D eigenvalue weighted by Crippen LogP contribution is 2.28. The van der Waals surface area contributed by atoms with Gasteiger partial charge in [-0.3, -0.25) is 9.78 Å². The first kappa shape index (κ1) is 19.8. The lowest BCUT2D eigenvalue weighted by Gasteiger charge is -2.30. The molecule has 1 aliphatic rings. The standard InChI is InChI=1S/C21H23FN6O2/c22-15-10-14(19(24)29)20(28-21(15)27-17-4-2-1-3-16(17)23)26-13-5-7-25-18(9-13)12-6-8-30-11-12/h5-11,16-17H,1-4,23H2,(H2,24,29)(H2,25,26,27,28)/t16-,17?/m0/s1. The van der Waals surface area contributed by atoms with Crippen molar-refractivity contribution in [2.24, 2.45) is 11.5 Å². The smallest absolute Gasteiger partial charge is 0.252 e. The summed E-state index contributed by atoms with van der Waals surface area (Å²) in [5.74, 6) is -1.25. The molecular formula is C21H23FN6O2. The molecule has 1 unspecified atom stereocenters. The van der Waals surface area contributed by atoms with Gasteiger partial charge in [-0.15, -0.1) is 0 Å². The monoisotopic (exact) mass is 410 g/mol. The molecule has 3 aromatic rings. The average molecular weight is 410 g/mol. The van der Waals surface area contributed by atoms with Gasteiger partial charge in [0.1, 0.15) is 5.82 Å². The molecule has 8 nitrogen and oxygen atoms in total. The van der Waals surface area contributed by atoms with Gasteiger partial charge in [0, 0.05) is 29.5 Å². The number of carbonyl (C=O) groups is 1. The van der Waals surface area contributed by atoms with Gasteiger partial charge in [-0.25, -0.2) is 9.37 Å². The summed E-state index contributed by atoms with van der Waals surface area (Å²) in [5.41, 5.74) is 13.6. The van der Waals surface area contributed by atoms with Crippen LogP contribution in [0.2, 0.25) is 0 Å². The van der Waals surface area contributed by atoms with Crippen LogP contribution in [-0.2, 0) is 0 Å². The molecule has 1 amide bonds. The highest BCUT2D eigenvalue weighted by molar-refractivity contribution is 5.98. The average Bonchev–Trinajstić information content (AvgIpc) is 3.27. The largest absolute Gasteiger partial charge is 0.472 e. The van der Waals surface area contributed by atoms with E-state index in [4.69, 9.17) is 15.9 Å². The van der Waals surface area contributed by atoms with Crippen LogP contribution in [0.4, 0.5) is 21.7 Å². The number of halogens is 1. The van der Waals surface area contributed by atoms with Crippen LogP contribution >= 0.6 is 0 Å². The second-order valence-electron chi connectivity index (χ2n) is 7.35. The van der Waals surface area contributed by atoms with Crippen molar-refractivity contribution in [2.45, 2.75) is 37.8 Å². The third-order valence-electron chi connectivity index (χ3n) is 5.22. The lowest BCUT2D eigenvalue weighted by atomic mass is 9.91. The van der Waals surface area contributed by atoms with Gasteiger partial charge in [0.2, 0.25) is 0 Å². The molecule has 9 heteroatoms. The molecule has 3 heterocycles. The van der Waals surface area contributed by atoms with E-state index in [1.165, 1.54) is 0 Å². The van der Waals surface area contributed by atoms with Crippen molar-refractivity contribution in [2.75, 3.05) is 10.6 Å². The van der Waals surface area contributed by atoms with Crippen molar-refractivity contribution >= 4 is 23.2 Å². The molecule has 156 valence electrons. The summed E-state index contributed by atoms with van der Waals surface area (Å²) in [6.07, 6.45) is 8.52. The summed E-state index contributed by atoms with van der Waals surface area (Å²) in [6.45, 7) is 0. The van der Waals surface area contributed by atoms with Gasteiger partial charge < -0.3 is 26.5 Å². The summed E-state index contributed by atoms with van der Waals surface area (Å²) in [5, 5.41) is 6.15. The molecule has 3 aromatic heterocycles. The number of primary amides is 1. The molecule has 30 heavy (non-hydrogen) atoms. The molecule has 2 atom stereocenters. The van der Waals surface area contributed by atoms with Crippen molar-refractivity contribution in [1.29, 1.82) is 0 Å². The topological polar surface area (TPSA) is 132 Å². The first-order chi connectivity index (χ1) is 14.5. The number of nitrogens with zero attached hydrogens (tertiary/aromatic N) is 2. The summed E-state index contributed by atoms with van der Waals surface area (Å²) < 4.78 is 19.7. The van der Waals surface area contributed by atoms with E-state index in [0.717, 1.165) is 37.3 Å². The normalized spacial score (nSPS) is 18.7. The van der Waals surface area contributed by atoms with Crippen LogP contribution in [0.3, 0.4) is 0 Å². The molecular weight excluding hydrogens is 387 g/mol. The van der Waals surface area contributed by atoms with E-state index in [0.29, 0.717) is 11.4 Å². The maximum atomic E-state index is 14.6. The Morgan fingerprint density at radius 1 is 1.20 bits per heavy atom. The maximum absolute atomic E-state index is 14.6. The number of aromatic nitrogens is 2. The minimum atomic E-state index is -0.783. The molecule has 6 N–H and O–H groups in total. The van der Waals surface area contributed by atoms with E-state index in [9.17, 15) is 9.18 Å². The van der Waals surface area contributed by atoms with E-state index in [1.807, 2.05) is 0 Å². The zero-order valence-electron chi connectivity index (χ0n) is 16.3. The first-order valence-electron chi connectivity index (χ1n) is 9.79. The van der Waals surface area contributed by atoms with Crippen LogP contribution < -0.4 is 22.1 Å². The Hall–Kier alpha value is -3.46. The molecule has 0 aromatic carbocycles. The number of pyridine rings is 2. The Morgan fingerprint density at radius 2 is 2.03 bits per heavy atom. The van der Waals surface area contributed by atoms with Gasteiger partial charge >= 0.3 is 0 Å². The second kappa shape index (κ2) is 8.50. The number of anilines is 3. The quantitative estimate of drug-likeness (QED) is 0.489. The third kappa shape index (κ3) is 4.25. The lowest BCUT2D eigenvalue weighted by Crippen LogP contribution is -2.43. The predicted octanol–water partition coefficient (Wildman–Crippen LogP) is 3.40. The molecule has 0 bridgehead atoms. The van der Waals surface area contributed by atoms with Gasteiger partial charge in [-0.2, -0.15) is 0 Å². The van der Waals surface area contributed by atoms with Crippen LogP contribution in [0, 0.1) is 5.82 Å². The van der Waals surface area contributed by atoms with Crippen molar-refractivity contribution in [3.8, 4) is 11.3 Å². The minimum absolute atomic E-state index is 0.0361. The zero-order valence-corrected chi connectivity index (χ0v) is 16.3. The molecule has 0 spiro atoms. The van der Waals surface area contributed by atoms with Crippen molar-refractivity contribution in [3.63, 3.8) is 0 Å². The Morgan fingerprint density at radius 3 is 2.77 bits per heavy atom. The number of nitrogens with two attached hydrogens (primary N) is 2. The van der Waals surface area contributed by atoms with Crippen LogP contribution in [0.15, 0.2) is 47.4 Å². The maximum Gasteiger partial charge on any atom is 0.252 e. The van der Waals surface area contributed by atoms with Gasteiger partial charge in [0.25, 0.3) is 5.91 Å². The molecule has 0 aliphatic heterocycles. The summed E-state index contributed by atoms with van der Waals surface area (Å²) in [6, 6.07) is 6.19. The Bertz CT molecular complexity index is 1040. The third-order valence-corrected chi connectivity index (χ3v) is 5.22. The van der Waals surface area contributed by atoms with Crippen molar-refractivity contribution in [3.05, 3.63) is 54.4 Å². The highest BCUT2D eigenvalue weighted by Gasteiger charge is 2.24. The molecule has 1 fully saturated rings. The van der Waals surface area contributed by atoms with Gasteiger partial charge in [0.05, 0.1) is 23.8 Å². The van der Waals surface area contributed by atoms with Gasteiger partial charge in [-0.05, 0) is 37.1 Å². The fourth-order valence-corrected chi connectivity index (χ4v) is 3.60. The minimum Gasteiger partial charge on any atom is -0.472 e. The van der Waals surface area contributed by atoms with Crippen LogP contribution in [0.1, 0.15) is 36.0 Å². The fourth-order valence-electron chi connectivity index (χ4n) is 3.60. The van der Waals surface area contributed by atoms with Gasteiger partial charge in [0.15, 0.2) is 11.6 Å². The highest BCUT2D eigenvalue weighted by atomic mass is 19.1. The number of furan rings is 1. The number of amides is 1. The predicted molar refractivity (Wildman–Crippen MR) is 112 cm³/mol. The van der Waals surface area contributed by atoms with Crippen LogP contribution in [0.25, 0.3) is 11.3 Å². The Kier molecular flexibility index (Phi) is 5.62. The molecule has 0 saturated heterocycles. The van der Waals surface area contributed by atoms with Crippen molar-refractivity contribution < 1.29 is 13.6 Å². The number of nitrogens with one attached hydrogen (secondary N) is 2. The van der Waals surface area contributed by atoms with E-state index in [-0.39, 0.29) is 29.3 Å². The summed E-state index contributed by atoms with van der Waals surface area (Å²) in [7, 11) is 0. The first-order valence-corrected chi connectivity index (χ1v) is 9.79. The molecule has 0 radical (unpaired) electrons. The van der Waals surface area contributed by atoms with E-state index in [2.05, 4.69) is 20.6 Å². The lowest BCUT2D eigenvalue weighted by molar-refractivity contribution is 0.100. The SMILES string of the molecule is NC(=O)c1cc(F)c(NC2CCCC[C@@H]2N)nc1Nc1ccnc(-c2ccoc2)c1. The Balaban J connectivity index is 1.64. The van der Waals surface area contributed by atoms with E-state index in [1.54, 1.807) is 36.9 Å².